The van der Waals surface area contributed by atoms with E-state index in [-0.39, 0.29) is 5.78 Å². The zero-order valence-corrected chi connectivity index (χ0v) is 12.1. The monoisotopic (exact) mass is 272 g/mol. The average Bonchev–Trinajstić information content (AvgIpc) is 2.75. The Morgan fingerprint density at radius 2 is 2.00 bits per heavy atom. The maximum atomic E-state index is 12.0. The molecule has 0 saturated carbocycles. The van der Waals surface area contributed by atoms with Gasteiger partial charge >= 0.3 is 0 Å². The summed E-state index contributed by atoms with van der Waals surface area (Å²) >= 11 is 1.70. The first-order valence-corrected chi connectivity index (χ1v) is 7.19. The van der Waals surface area contributed by atoms with E-state index in [0.29, 0.717) is 5.56 Å². The van der Waals surface area contributed by atoms with Crippen molar-refractivity contribution in [1.82, 2.24) is 9.78 Å². The SMILES string of the molecule is CSc1ccc(/C=C\C(=O)c2cn(C)nc2C)cc1. The number of ketones is 1. The van der Waals surface area contributed by atoms with Crippen LogP contribution in [0.15, 0.2) is 41.4 Å². The Bertz CT molecular complexity index is 612. The Morgan fingerprint density at radius 1 is 1.32 bits per heavy atom. The fourth-order valence-corrected chi connectivity index (χ4v) is 2.23. The number of allylic oxidation sites excluding steroid dienone is 1. The summed E-state index contributed by atoms with van der Waals surface area (Å²) in [6.45, 7) is 1.84. The highest BCUT2D eigenvalue weighted by molar-refractivity contribution is 7.98. The Hall–Kier alpha value is -1.81. The summed E-state index contributed by atoms with van der Waals surface area (Å²) in [6.07, 6.45) is 7.22. The highest BCUT2D eigenvalue weighted by Gasteiger charge is 2.09. The van der Waals surface area contributed by atoms with Gasteiger partial charge in [0, 0.05) is 18.1 Å². The highest BCUT2D eigenvalue weighted by atomic mass is 32.2. The Labute approximate surface area is 117 Å². The number of aryl methyl sites for hydroxylation is 2. The molecule has 0 saturated heterocycles. The van der Waals surface area contributed by atoms with Crippen LogP contribution in [0.5, 0.6) is 0 Å². The molecular weight excluding hydrogens is 256 g/mol. The van der Waals surface area contributed by atoms with Gasteiger partial charge in [0.05, 0.1) is 11.3 Å². The van der Waals surface area contributed by atoms with Crippen LogP contribution in [0.4, 0.5) is 0 Å². The van der Waals surface area contributed by atoms with Crippen LogP contribution in [0.2, 0.25) is 0 Å². The lowest BCUT2D eigenvalue weighted by atomic mass is 10.1. The molecule has 1 aromatic heterocycles. The van der Waals surface area contributed by atoms with E-state index < -0.39 is 0 Å². The minimum atomic E-state index is -0.0143. The van der Waals surface area contributed by atoms with E-state index in [1.807, 2.05) is 50.6 Å². The van der Waals surface area contributed by atoms with Gasteiger partial charge in [0.15, 0.2) is 5.78 Å². The van der Waals surface area contributed by atoms with E-state index in [9.17, 15) is 4.79 Å². The normalized spacial score (nSPS) is 11.1. The van der Waals surface area contributed by atoms with Crippen LogP contribution < -0.4 is 0 Å². The Balaban J connectivity index is 2.13. The van der Waals surface area contributed by atoms with Crippen molar-refractivity contribution < 1.29 is 4.79 Å². The molecule has 0 aliphatic heterocycles. The molecule has 98 valence electrons. The molecule has 3 nitrogen and oxygen atoms in total. The third kappa shape index (κ3) is 3.35. The molecule has 0 aliphatic carbocycles. The smallest absolute Gasteiger partial charge is 0.189 e. The van der Waals surface area contributed by atoms with Crippen molar-refractivity contribution in [2.24, 2.45) is 7.05 Å². The molecule has 0 aliphatic rings. The molecule has 0 spiro atoms. The van der Waals surface area contributed by atoms with E-state index in [1.54, 1.807) is 28.7 Å². The quantitative estimate of drug-likeness (QED) is 0.486. The zero-order valence-electron chi connectivity index (χ0n) is 11.3. The molecule has 0 amide bonds. The van der Waals surface area contributed by atoms with Crippen molar-refractivity contribution in [2.45, 2.75) is 11.8 Å². The number of benzene rings is 1. The second-order valence-electron chi connectivity index (χ2n) is 4.27. The zero-order chi connectivity index (χ0) is 13.8. The van der Waals surface area contributed by atoms with Gasteiger partial charge in [0.1, 0.15) is 0 Å². The summed E-state index contributed by atoms with van der Waals surface area (Å²) in [5.41, 5.74) is 2.43. The fourth-order valence-electron chi connectivity index (χ4n) is 1.82. The molecule has 1 heterocycles. The summed E-state index contributed by atoms with van der Waals surface area (Å²) in [7, 11) is 1.81. The molecule has 0 radical (unpaired) electrons. The number of hydrogen-bond acceptors (Lipinski definition) is 3. The maximum Gasteiger partial charge on any atom is 0.189 e. The third-order valence-corrected chi connectivity index (χ3v) is 3.57. The number of aromatic nitrogens is 2. The maximum absolute atomic E-state index is 12.0. The first-order chi connectivity index (χ1) is 9.10. The van der Waals surface area contributed by atoms with Gasteiger partial charge in [-0.2, -0.15) is 5.10 Å². The average molecular weight is 272 g/mol. The largest absolute Gasteiger partial charge is 0.289 e. The predicted molar refractivity (Wildman–Crippen MR) is 79.5 cm³/mol. The Morgan fingerprint density at radius 3 is 2.53 bits per heavy atom. The van der Waals surface area contributed by atoms with E-state index in [0.717, 1.165) is 11.3 Å². The van der Waals surface area contributed by atoms with Gasteiger partial charge in [-0.25, -0.2) is 0 Å². The number of hydrogen-bond donors (Lipinski definition) is 0. The van der Waals surface area contributed by atoms with E-state index in [1.165, 1.54) is 4.90 Å². The minimum Gasteiger partial charge on any atom is -0.289 e. The van der Waals surface area contributed by atoms with Gasteiger partial charge in [-0.3, -0.25) is 9.48 Å². The molecule has 19 heavy (non-hydrogen) atoms. The molecule has 1 aromatic carbocycles. The molecule has 4 heteroatoms. The summed E-state index contributed by atoms with van der Waals surface area (Å²) in [6, 6.07) is 8.10. The van der Waals surface area contributed by atoms with Crippen molar-refractivity contribution in [1.29, 1.82) is 0 Å². The third-order valence-electron chi connectivity index (χ3n) is 2.82. The second-order valence-corrected chi connectivity index (χ2v) is 5.15. The van der Waals surface area contributed by atoms with Crippen molar-refractivity contribution >= 4 is 23.6 Å². The predicted octanol–water partition coefficient (Wildman–Crippen LogP) is 3.35. The van der Waals surface area contributed by atoms with Crippen molar-refractivity contribution in [3.8, 4) is 0 Å². The molecule has 0 N–H and O–H groups in total. The fraction of sp³-hybridized carbons (Fsp3) is 0.200. The Kier molecular flexibility index (Phi) is 4.22. The molecule has 2 aromatic rings. The molecular formula is C15H16N2OS. The van der Waals surface area contributed by atoms with Gasteiger partial charge in [-0.1, -0.05) is 18.2 Å². The highest BCUT2D eigenvalue weighted by Crippen LogP contribution is 2.16. The van der Waals surface area contributed by atoms with Gasteiger partial charge < -0.3 is 0 Å². The second kappa shape index (κ2) is 5.89. The minimum absolute atomic E-state index is 0.0143. The van der Waals surface area contributed by atoms with Gasteiger partial charge in [0.2, 0.25) is 0 Å². The van der Waals surface area contributed by atoms with Crippen LogP contribution in [-0.2, 0) is 7.05 Å². The van der Waals surface area contributed by atoms with Crippen LogP contribution in [0.1, 0.15) is 21.6 Å². The summed E-state index contributed by atoms with van der Waals surface area (Å²) in [4.78, 5) is 13.2. The number of nitrogens with zero attached hydrogens (tertiary/aromatic N) is 2. The van der Waals surface area contributed by atoms with Crippen LogP contribution in [-0.4, -0.2) is 21.8 Å². The molecule has 0 bridgehead atoms. The van der Waals surface area contributed by atoms with Crippen LogP contribution >= 0.6 is 11.8 Å². The standard InChI is InChI=1S/C15H16N2OS/c1-11-14(10-17(2)16-11)15(18)9-6-12-4-7-13(19-3)8-5-12/h4-10H,1-3H3/b9-6-. The van der Waals surface area contributed by atoms with E-state index in [4.69, 9.17) is 0 Å². The lowest BCUT2D eigenvalue weighted by Gasteiger charge is -1.97. The van der Waals surface area contributed by atoms with E-state index in [2.05, 4.69) is 5.10 Å². The first-order valence-electron chi connectivity index (χ1n) is 5.97. The molecule has 0 atom stereocenters. The number of rotatable bonds is 4. The summed E-state index contributed by atoms with van der Waals surface area (Å²) < 4.78 is 1.66. The van der Waals surface area contributed by atoms with E-state index >= 15 is 0 Å². The van der Waals surface area contributed by atoms with Crippen LogP contribution in [0.25, 0.3) is 6.08 Å². The van der Waals surface area contributed by atoms with Crippen LogP contribution in [0, 0.1) is 6.92 Å². The van der Waals surface area contributed by atoms with Gasteiger partial charge in [0.25, 0.3) is 0 Å². The molecule has 0 unspecified atom stereocenters. The molecule has 2 rings (SSSR count). The lowest BCUT2D eigenvalue weighted by molar-refractivity contribution is 0.104. The summed E-state index contributed by atoms with van der Waals surface area (Å²) in [5.74, 6) is -0.0143. The van der Waals surface area contributed by atoms with Crippen molar-refractivity contribution in [3.05, 3.63) is 53.4 Å². The van der Waals surface area contributed by atoms with Crippen molar-refractivity contribution in [2.75, 3.05) is 6.26 Å². The summed E-state index contributed by atoms with van der Waals surface area (Å²) in [5, 5.41) is 4.17. The first kappa shape index (κ1) is 13.6. The topological polar surface area (TPSA) is 34.9 Å². The lowest BCUT2D eigenvalue weighted by Crippen LogP contribution is -1.94. The van der Waals surface area contributed by atoms with Gasteiger partial charge in [-0.15, -0.1) is 11.8 Å². The number of carbonyl (C=O) groups excluding carboxylic acids is 1. The van der Waals surface area contributed by atoms with Crippen molar-refractivity contribution in [3.63, 3.8) is 0 Å². The number of thioether (sulfide) groups is 1. The molecule has 0 fully saturated rings. The van der Waals surface area contributed by atoms with Gasteiger partial charge in [-0.05, 0) is 37.0 Å². The number of carbonyl (C=O) groups is 1. The van der Waals surface area contributed by atoms with Crippen LogP contribution in [0.3, 0.4) is 0 Å².